The van der Waals surface area contributed by atoms with E-state index in [1.54, 1.807) is 48.9 Å². The SMILES string of the molecule is O=C(/C=C/c1ccccc1[N+](=O)[O-])N1N=C(c2ccncc2)OC1c1c[nH]c2ccccc12. The number of nitro groups is 1. The number of hydrogen-bond acceptors (Lipinski definition) is 6. The fourth-order valence-corrected chi connectivity index (χ4v) is 3.64. The van der Waals surface area contributed by atoms with Crippen molar-refractivity contribution in [3.8, 4) is 0 Å². The lowest BCUT2D eigenvalue weighted by molar-refractivity contribution is -0.385. The normalized spacial score (nSPS) is 15.6. The minimum absolute atomic E-state index is 0.0895. The first-order valence-electron chi connectivity index (χ1n) is 10.1. The van der Waals surface area contributed by atoms with Gasteiger partial charge in [0, 0.05) is 52.8 Å². The third-order valence-electron chi connectivity index (χ3n) is 5.22. The lowest BCUT2D eigenvalue weighted by atomic mass is 10.1. The Hall–Kier alpha value is -4.79. The summed E-state index contributed by atoms with van der Waals surface area (Å²) in [5, 5.41) is 17.8. The fourth-order valence-electron chi connectivity index (χ4n) is 3.64. The molecule has 9 nitrogen and oxygen atoms in total. The number of fused-ring (bicyclic) bond motifs is 1. The molecule has 9 heteroatoms. The highest BCUT2D eigenvalue weighted by Crippen LogP contribution is 2.34. The Morgan fingerprint density at radius 3 is 2.67 bits per heavy atom. The number of nitrogens with one attached hydrogen (secondary N) is 1. The van der Waals surface area contributed by atoms with Crippen LogP contribution in [0.3, 0.4) is 0 Å². The van der Waals surface area contributed by atoms with Gasteiger partial charge in [-0.15, -0.1) is 5.10 Å². The zero-order chi connectivity index (χ0) is 22.8. The van der Waals surface area contributed by atoms with Crippen molar-refractivity contribution in [1.82, 2.24) is 15.0 Å². The molecule has 4 aromatic rings. The predicted octanol–water partition coefficient (Wildman–Crippen LogP) is 4.40. The van der Waals surface area contributed by atoms with Gasteiger partial charge in [0.05, 0.1) is 10.5 Å². The number of H-pyrrole nitrogens is 1. The molecule has 5 rings (SSSR count). The minimum Gasteiger partial charge on any atom is -0.446 e. The number of nitro benzene ring substituents is 1. The maximum atomic E-state index is 13.2. The van der Waals surface area contributed by atoms with Crippen molar-refractivity contribution < 1.29 is 14.5 Å². The van der Waals surface area contributed by atoms with Crippen molar-refractivity contribution in [2.75, 3.05) is 0 Å². The first kappa shape index (κ1) is 20.1. The standard InChI is InChI=1S/C24H17N5O4/c30-22(10-9-16-5-1-4-8-21(16)29(31)32)28-24(19-15-26-20-7-3-2-6-18(19)20)33-23(27-28)17-11-13-25-14-12-17/h1-15,24,26H/b10-9+. The molecule has 1 atom stereocenters. The quantitative estimate of drug-likeness (QED) is 0.281. The van der Waals surface area contributed by atoms with Crippen molar-refractivity contribution in [3.05, 3.63) is 112 Å². The number of carbonyl (C=O) groups excluding carboxylic acids is 1. The summed E-state index contributed by atoms with van der Waals surface area (Å²) in [6.07, 6.45) is 6.86. The van der Waals surface area contributed by atoms with Gasteiger partial charge in [0.2, 0.25) is 12.1 Å². The smallest absolute Gasteiger partial charge is 0.276 e. The molecule has 0 spiro atoms. The summed E-state index contributed by atoms with van der Waals surface area (Å²) in [6.45, 7) is 0. The van der Waals surface area contributed by atoms with Gasteiger partial charge in [0.25, 0.3) is 11.6 Å². The number of benzene rings is 2. The Morgan fingerprint density at radius 1 is 1.09 bits per heavy atom. The summed E-state index contributed by atoms with van der Waals surface area (Å²) in [7, 11) is 0. The molecule has 33 heavy (non-hydrogen) atoms. The number of pyridine rings is 1. The molecule has 3 heterocycles. The van der Waals surface area contributed by atoms with Crippen LogP contribution in [0.4, 0.5) is 5.69 Å². The number of aromatic nitrogens is 2. The highest BCUT2D eigenvalue weighted by molar-refractivity contribution is 5.99. The second kappa shape index (κ2) is 8.39. The van der Waals surface area contributed by atoms with Gasteiger partial charge in [0.1, 0.15) is 0 Å². The molecular weight excluding hydrogens is 422 g/mol. The molecule has 1 aliphatic heterocycles. The molecule has 162 valence electrons. The van der Waals surface area contributed by atoms with E-state index in [9.17, 15) is 14.9 Å². The van der Waals surface area contributed by atoms with Gasteiger partial charge in [-0.3, -0.25) is 19.9 Å². The van der Waals surface area contributed by atoms with Crippen LogP contribution in [0.15, 0.2) is 90.4 Å². The summed E-state index contributed by atoms with van der Waals surface area (Å²) < 4.78 is 6.11. The van der Waals surface area contributed by atoms with Gasteiger partial charge in [-0.05, 0) is 30.3 Å². The molecule has 1 aliphatic rings. The predicted molar refractivity (Wildman–Crippen MR) is 122 cm³/mol. The fraction of sp³-hybridized carbons (Fsp3) is 0.0417. The number of para-hydroxylation sites is 2. The molecule has 1 N–H and O–H groups in total. The largest absolute Gasteiger partial charge is 0.446 e. The summed E-state index contributed by atoms with van der Waals surface area (Å²) in [5.41, 5.74) is 2.54. The Morgan fingerprint density at radius 2 is 1.85 bits per heavy atom. The van der Waals surface area contributed by atoms with E-state index in [1.165, 1.54) is 23.2 Å². The number of ether oxygens (including phenoxy) is 1. The van der Waals surface area contributed by atoms with Gasteiger partial charge < -0.3 is 9.72 Å². The zero-order valence-electron chi connectivity index (χ0n) is 17.2. The van der Waals surface area contributed by atoms with Crippen LogP contribution in [-0.4, -0.2) is 31.7 Å². The third kappa shape index (κ3) is 3.83. The summed E-state index contributed by atoms with van der Waals surface area (Å²) in [6, 6.07) is 17.4. The van der Waals surface area contributed by atoms with E-state index >= 15 is 0 Å². The van der Waals surface area contributed by atoms with Crippen molar-refractivity contribution >= 4 is 34.5 Å². The third-order valence-corrected chi connectivity index (χ3v) is 5.22. The van der Waals surface area contributed by atoms with Crippen LogP contribution in [0, 0.1) is 10.1 Å². The summed E-state index contributed by atoms with van der Waals surface area (Å²) in [5.74, 6) is -0.201. The molecule has 0 aliphatic carbocycles. The maximum Gasteiger partial charge on any atom is 0.276 e. The average Bonchev–Trinajstić information content (AvgIpc) is 3.48. The highest BCUT2D eigenvalue weighted by Gasteiger charge is 2.35. The van der Waals surface area contributed by atoms with Crippen LogP contribution in [0.1, 0.15) is 22.9 Å². The van der Waals surface area contributed by atoms with Crippen LogP contribution in [0.25, 0.3) is 17.0 Å². The van der Waals surface area contributed by atoms with Crippen molar-refractivity contribution in [2.45, 2.75) is 6.23 Å². The van der Waals surface area contributed by atoms with Crippen molar-refractivity contribution in [1.29, 1.82) is 0 Å². The van der Waals surface area contributed by atoms with E-state index in [0.29, 0.717) is 11.1 Å². The topological polar surface area (TPSA) is 114 Å². The number of hydrazone groups is 1. The summed E-state index contributed by atoms with van der Waals surface area (Å²) >= 11 is 0. The number of aromatic amines is 1. The van der Waals surface area contributed by atoms with Crippen LogP contribution in [0.2, 0.25) is 0 Å². The zero-order valence-corrected chi connectivity index (χ0v) is 17.2. The molecule has 0 fully saturated rings. The summed E-state index contributed by atoms with van der Waals surface area (Å²) in [4.78, 5) is 31.2. The van der Waals surface area contributed by atoms with Gasteiger partial charge >= 0.3 is 0 Å². The monoisotopic (exact) mass is 439 g/mol. The number of nitrogens with zero attached hydrogens (tertiary/aromatic N) is 4. The number of carbonyl (C=O) groups is 1. The number of hydrogen-bond donors (Lipinski definition) is 1. The number of rotatable bonds is 5. The van der Waals surface area contributed by atoms with Gasteiger partial charge in [0.15, 0.2) is 0 Å². The van der Waals surface area contributed by atoms with Crippen LogP contribution < -0.4 is 0 Å². The molecule has 2 aromatic carbocycles. The van der Waals surface area contributed by atoms with E-state index in [0.717, 1.165) is 16.5 Å². The Kier molecular flexibility index (Phi) is 5.12. The van der Waals surface area contributed by atoms with E-state index in [2.05, 4.69) is 15.1 Å². The highest BCUT2D eigenvalue weighted by atomic mass is 16.6. The van der Waals surface area contributed by atoms with Gasteiger partial charge in [-0.25, -0.2) is 0 Å². The van der Waals surface area contributed by atoms with E-state index < -0.39 is 17.1 Å². The Bertz CT molecular complexity index is 1410. The second-order valence-corrected chi connectivity index (χ2v) is 7.23. The molecule has 0 radical (unpaired) electrons. The molecule has 0 saturated heterocycles. The molecular formula is C24H17N5O4. The minimum atomic E-state index is -0.813. The van der Waals surface area contributed by atoms with Gasteiger partial charge in [-0.2, -0.15) is 5.01 Å². The van der Waals surface area contributed by atoms with Crippen LogP contribution >= 0.6 is 0 Å². The van der Waals surface area contributed by atoms with E-state index in [1.807, 2.05) is 24.3 Å². The molecule has 0 bridgehead atoms. The van der Waals surface area contributed by atoms with Gasteiger partial charge in [-0.1, -0.05) is 30.3 Å². The molecule has 1 amide bonds. The Balaban J connectivity index is 1.52. The molecule has 2 aromatic heterocycles. The van der Waals surface area contributed by atoms with Crippen LogP contribution in [-0.2, 0) is 9.53 Å². The lowest BCUT2D eigenvalue weighted by Crippen LogP contribution is -2.26. The first-order valence-corrected chi connectivity index (χ1v) is 10.1. The second-order valence-electron chi connectivity index (χ2n) is 7.23. The molecule has 0 saturated carbocycles. The first-order chi connectivity index (χ1) is 16.1. The van der Waals surface area contributed by atoms with E-state index in [4.69, 9.17) is 4.74 Å². The average molecular weight is 439 g/mol. The Labute approximate surface area is 187 Å². The number of amides is 1. The van der Waals surface area contributed by atoms with Crippen molar-refractivity contribution in [2.24, 2.45) is 5.10 Å². The van der Waals surface area contributed by atoms with E-state index in [-0.39, 0.29) is 11.6 Å². The lowest BCUT2D eigenvalue weighted by Gasteiger charge is -2.18. The van der Waals surface area contributed by atoms with Crippen LogP contribution in [0.5, 0.6) is 0 Å². The maximum absolute atomic E-state index is 13.2. The molecule has 1 unspecified atom stereocenters. The van der Waals surface area contributed by atoms with Crippen molar-refractivity contribution in [3.63, 3.8) is 0 Å².